The molecule has 0 spiro atoms. The first-order valence-electron chi connectivity index (χ1n) is 6.39. The molecule has 5 heteroatoms. The van der Waals surface area contributed by atoms with E-state index in [0.29, 0.717) is 11.1 Å². The molecule has 1 N–H and O–H groups in total. The number of nitriles is 1. The standard InChI is InChI=1S/C16H13N3O2/c17-11-14(12-6-8-18-9-7-12)10-15(20)19-16(21)13-4-2-1-3-5-13/h1-9,14H,10H2,(H,19,20,21). The van der Waals surface area contributed by atoms with Gasteiger partial charge in [-0.05, 0) is 29.8 Å². The molecule has 2 amide bonds. The molecule has 0 bridgehead atoms. The predicted octanol–water partition coefficient (Wildman–Crippen LogP) is 2.04. The van der Waals surface area contributed by atoms with E-state index in [4.69, 9.17) is 5.26 Å². The first-order valence-corrected chi connectivity index (χ1v) is 6.39. The summed E-state index contributed by atoms with van der Waals surface area (Å²) in [5.74, 6) is -1.55. The van der Waals surface area contributed by atoms with Crippen LogP contribution in [0.4, 0.5) is 0 Å². The van der Waals surface area contributed by atoms with E-state index in [1.807, 2.05) is 0 Å². The normalized spacial score (nSPS) is 11.2. The van der Waals surface area contributed by atoms with Crippen LogP contribution in [0.25, 0.3) is 0 Å². The third-order valence-corrected chi connectivity index (χ3v) is 2.94. The highest BCUT2D eigenvalue weighted by Crippen LogP contribution is 2.17. The molecule has 1 atom stereocenters. The third kappa shape index (κ3) is 3.98. The van der Waals surface area contributed by atoms with Crippen molar-refractivity contribution in [3.05, 3.63) is 66.0 Å². The van der Waals surface area contributed by atoms with Gasteiger partial charge in [0.2, 0.25) is 5.91 Å². The summed E-state index contributed by atoms with van der Waals surface area (Å²) in [5.41, 5.74) is 1.11. The number of imide groups is 1. The van der Waals surface area contributed by atoms with Crippen LogP contribution in [0.2, 0.25) is 0 Å². The van der Waals surface area contributed by atoms with Gasteiger partial charge in [-0.3, -0.25) is 19.9 Å². The number of pyridine rings is 1. The van der Waals surface area contributed by atoms with Crippen LogP contribution in [-0.2, 0) is 4.79 Å². The van der Waals surface area contributed by atoms with Crippen molar-refractivity contribution in [3.63, 3.8) is 0 Å². The van der Waals surface area contributed by atoms with E-state index >= 15 is 0 Å². The van der Waals surface area contributed by atoms with Gasteiger partial charge in [0.15, 0.2) is 0 Å². The molecule has 0 radical (unpaired) electrons. The van der Waals surface area contributed by atoms with E-state index in [0.717, 1.165) is 0 Å². The SMILES string of the molecule is N#CC(CC(=O)NC(=O)c1ccccc1)c1ccncc1. The van der Waals surface area contributed by atoms with Crippen LogP contribution in [0, 0.1) is 11.3 Å². The molecule has 104 valence electrons. The van der Waals surface area contributed by atoms with Crippen LogP contribution in [0.3, 0.4) is 0 Å². The molecule has 1 unspecified atom stereocenters. The number of benzene rings is 1. The van der Waals surface area contributed by atoms with E-state index in [9.17, 15) is 9.59 Å². The fourth-order valence-electron chi connectivity index (χ4n) is 1.86. The largest absolute Gasteiger partial charge is 0.292 e. The van der Waals surface area contributed by atoms with Crippen LogP contribution >= 0.6 is 0 Å². The Morgan fingerprint density at radius 1 is 1.14 bits per heavy atom. The van der Waals surface area contributed by atoms with Gasteiger partial charge >= 0.3 is 0 Å². The second-order valence-electron chi connectivity index (χ2n) is 4.41. The van der Waals surface area contributed by atoms with Gasteiger partial charge in [0.25, 0.3) is 5.91 Å². The maximum absolute atomic E-state index is 11.9. The first kappa shape index (κ1) is 14.4. The highest BCUT2D eigenvalue weighted by Gasteiger charge is 2.17. The molecule has 1 aromatic carbocycles. The van der Waals surface area contributed by atoms with Crippen LogP contribution in [0.5, 0.6) is 0 Å². The van der Waals surface area contributed by atoms with Crippen molar-refractivity contribution < 1.29 is 9.59 Å². The molecular weight excluding hydrogens is 266 g/mol. The number of amides is 2. The van der Waals surface area contributed by atoms with Gasteiger partial charge < -0.3 is 0 Å². The molecule has 2 rings (SSSR count). The number of hydrogen-bond donors (Lipinski definition) is 1. The van der Waals surface area contributed by atoms with Crippen molar-refractivity contribution in [1.29, 1.82) is 5.26 Å². The van der Waals surface area contributed by atoms with Crippen molar-refractivity contribution in [1.82, 2.24) is 10.3 Å². The molecule has 5 nitrogen and oxygen atoms in total. The van der Waals surface area contributed by atoms with Crippen LogP contribution in [-0.4, -0.2) is 16.8 Å². The van der Waals surface area contributed by atoms with Gasteiger partial charge in [-0.25, -0.2) is 0 Å². The number of nitrogens with one attached hydrogen (secondary N) is 1. The van der Waals surface area contributed by atoms with E-state index in [1.165, 1.54) is 0 Å². The number of carbonyl (C=O) groups excluding carboxylic acids is 2. The molecule has 0 aliphatic rings. The Kier molecular flexibility index (Phi) is 4.78. The van der Waals surface area contributed by atoms with E-state index in [2.05, 4.69) is 16.4 Å². The molecule has 1 heterocycles. The lowest BCUT2D eigenvalue weighted by Crippen LogP contribution is -2.31. The lowest BCUT2D eigenvalue weighted by molar-refractivity contribution is -0.120. The second kappa shape index (κ2) is 6.96. The van der Waals surface area contributed by atoms with Crippen molar-refractivity contribution in [3.8, 4) is 6.07 Å². The minimum Gasteiger partial charge on any atom is -0.292 e. The number of hydrogen-bond acceptors (Lipinski definition) is 4. The summed E-state index contributed by atoms with van der Waals surface area (Å²) in [7, 11) is 0. The maximum atomic E-state index is 11.9. The topological polar surface area (TPSA) is 82.9 Å². The van der Waals surface area contributed by atoms with Crippen molar-refractivity contribution in [2.75, 3.05) is 0 Å². The Labute approximate surface area is 122 Å². The van der Waals surface area contributed by atoms with Crippen molar-refractivity contribution in [2.24, 2.45) is 0 Å². The number of aromatic nitrogens is 1. The van der Waals surface area contributed by atoms with E-state index in [1.54, 1.807) is 54.9 Å². The van der Waals surface area contributed by atoms with Gasteiger partial charge in [-0.2, -0.15) is 5.26 Å². The summed E-state index contributed by atoms with van der Waals surface area (Å²) in [6, 6.07) is 13.9. The summed E-state index contributed by atoms with van der Waals surface area (Å²) in [4.78, 5) is 27.6. The maximum Gasteiger partial charge on any atom is 0.257 e. The Bertz CT molecular complexity index is 663. The Morgan fingerprint density at radius 3 is 2.43 bits per heavy atom. The number of nitrogens with zero attached hydrogens (tertiary/aromatic N) is 2. The van der Waals surface area contributed by atoms with Gasteiger partial charge in [-0.1, -0.05) is 18.2 Å². The van der Waals surface area contributed by atoms with Crippen LogP contribution in [0.15, 0.2) is 54.9 Å². The van der Waals surface area contributed by atoms with Crippen molar-refractivity contribution >= 4 is 11.8 Å². The lowest BCUT2D eigenvalue weighted by Gasteiger charge is -2.09. The number of rotatable bonds is 4. The monoisotopic (exact) mass is 279 g/mol. The summed E-state index contributed by atoms with van der Waals surface area (Å²) in [6.07, 6.45) is 3.05. The molecule has 0 fully saturated rings. The number of carbonyl (C=O) groups is 2. The minimum atomic E-state index is -0.600. The molecule has 2 aromatic rings. The Balaban J connectivity index is 1.98. The summed E-state index contributed by atoms with van der Waals surface area (Å²) >= 11 is 0. The average molecular weight is 279 g/mol. The fraction of sp³-hybridized carbons (Fsp3) is 0.125. The molecule has 1 aromatic heterocycles. The van der Waals surface area contributed by atoms with Crippen LogP contribution < -0.4 is 5.32 Å². The summed E-state index contributed by atoms with van der Waals surface area (Å²) < 4.78 is 0. The zero-order valence-electron chi connectivity index (χ0n) is 11.2. The summed E-state index contributed by atoms with van der Waals surface area (Å²) in [6.45, 7) is 0. The zero-order valence-corrected chi connectivity index (χ0v) is 11.2. The smallest absolute Gasteiger partial charge is 0.257 e. The minimum absolute atomic E-state index is 0.0704. The van der Waals surface area contributed by atoms with Crippen LogP contribution in [0.1, 0.15) is 28.3 Å². The van der Waals surface area contributed by atoms with Crippen molar-refractivity contribution in [2.45, 2.75) is 12.3 Å². The molecule has 0 aliphatic heterocycles. The summed E-state index contributed by atoms with van der Waals surface area (Å²) in [5, 5.41) is 11.4. The van der Waals surface area contributed by atoms with Gasteiger partial charge in [-0.15, -0.1) is 0 Å². The highest BCUT2D eigenvalue weighted by molar-refractivity contribution is 6.04. The van der Waals surface area contributed by atoms with Gasteiger partial charge in [0.1, 0.15) is 0 Å². The predicted molar refractivity (Wildman–Crippen MR) is 76.1 cm³/mol. The van der Waals surface area contributed by atoms with E-state index in [-0.39, 0.29) is 6.42 Å². The first-order chi connectivity index (χ1) is 10.2. The molecule has 0 saturated heterocycles. The van der Waals surface area contributed by atoms with E-state index < -0.39 is 17.7 Å². The fourth-order valence-corrected chi connectivity index (χ4v) is 1.86. The Hall–Kier alpha value is -3.00. The van der Waals surface area contributed by atoms with Gasteiger partial charge in [0, 0.05) is 24.4 Å². The third-order valence-electron chi connectivity index (χ3n) is 2.94. The Morgan fingerprint density at radius 2 is 1.81 bits per heavy atom. The zero-order chi connectivity index (χ0) is 15.1. The molecular formula is C16H13N3O2. The van der Waals surface area contributed by atoms with Gasteiger partial charge in [0.05, 0.1) is 12.0 Å². The lowest BCUT2D eigenvalue weighted by atomic mass is 9.98. The molecule has 0 saturated carbocycles. The quantitative estimate of drug-likeness (QED) is 0.928. The highest BCUT2D eigenvalue weighted by atomic mass is 16.2. The second-order valence-corrected chi connectivity index (χ2v) is 4.41. The molecule has 0 aliphatic carbocycles. The molecule has 21 heavy (non-hydrogen) atoms. The average Bonchev–Trinajstić information content (AvgIpc) is 2.54.